The van der Waals surface area contributed by atoms with Crippen LogP contribution in [0.3, 0.4) is 0 Å². The molecule has 1 N–H and O–H groups in total. The van der Waals surface area contributed by atoms with Crippen LogP contribution < -0.4 is 10.1 Å². The molecular formula is C15H21BrN2O. The normalized spacial score (nSPS) is 20.5. The number of benzene rings is 1. The summed E-state index contributed by atoms with van der Waals surface area (Å²) >= 11 is 3.59. The zero-order valence-corrected chi connectivity index (χ0v) is 12.8. The van der Waals surface area contributed by atoms with E-state index >= 15 is 0 Å². The second-order valence-corrected chi connectivity index (χ2v) is 6.49. The molecule has 2 fully saturated rings. The van der Waals surface area contributed by atoms with Gasteiger partial charge in [0.2, 0.25) is 0 Å². The molecule has 1 aliphatic heterocycles. The van der Waals surface area contributed by atoms with Gasteiger partial charge in [-0.1, -0.05) is 15.9 Å². The lowest BCUT2D eigenvalue weighted by Crippen LogP contribution is -2.42. The van der Waals surface area contributed by atoms with Crippen molar-refractivity contribution in [3.05, 3.63) is 28.2 Å². The van der Waals surface area contributed by atoms with Gasteiger partial charge < -0.3 is 10.1 Å². The summed E-state index contributed by atoms with van der Waals surface area (Å²) in [4.78, 5) is 2.49. The monoisotopic (exact) mass is 324 g/mol. The van der Waals surface area contributed by atoms with Crippen molar-refractivity contribution < 1.29 is 4.74 Å². The first-order chi connectivity index (χ1) is 9.29. The predicted molar refractivity (Wildman–Crippen MR) is 80.5 cm³/mol. The Morgan fingerprint density at radius 2 is 2.00 bits per heavy atom. The maximum atomic E-state index is 5.88. The highest BCUT2D eigenvalue weighted by molar-refractivity contribution is 9.10. The molecule has 1 aliphatic carbocycles. The largest absolute Gasteiger partial charge is 0.493 e. The number of nitrogens with one attached hydrogen (secondary N) is 1. The van der Waals surface area contributed by atoms with Gasteiger partial charge in [0, 0.05) is 37.2 Å². The maximum absolute atomic E-state index is 5.88. The molecule has 0 radical (unpaired) electrons. The smallest absolute Gasteiger partial charge is 0.120 e. The van der Waals surface area contributed by atoms with E-state index in [4.69, 9.17) is 4.74 Å². The van der Waals surface area contributed by atoms with E-state index in [9.17, 15) is 0 Å². The topological polar surface area (TPSA) is 24.5 Å². The van der Waals surface area contributed by atoms with Gasteiger partial charge in [-0.05, 0) is 42.5 Å². The fraction of sp³-hybridized carbons (Fsp3) is 0.600. The molecule has 0 amide bonds. The predicted octanol–water partition coefficient (Wildman–Crippen LogP) is 2.64. The van der Waals surface area contributed by atoms with Crippen molar-refractivity contribution in [3.8, 4) is 5.75 Å². The third-order valence-electron chi connectivity index (χ3n) is 3.73. The van der Waals surface area contributed by atoms with Crippen LogP contribution in [0.1, 0.15) is 18.4 Å². The van der Waals surface area contributed by atoms with Crippen LogP contribution in [-0.2, 0) is 6.54 Å². The summed E-state index contributed by atoms with van der Waals surface area (Å²) < 4.78 is 7.00. The van der Waals surface area contributed by atoms with Crippen LogP contribution in [0.15, 0.2) is 22.7 Å². The number of hydrogen-bond donors (Lipinski definition) is 1. The van der Waals surface area contributed by atoms with Crippen molar-refractivity contribution in [2.45, 2.75) is 19.4 Å². The average Bonchev–Trinajstić information content (AvgIpc) is 3.21. The molecule has 3 nitrogen and oxygen atoms in total. The Morgan fingerprint density at radius 1 is 1.21 bits per heavy atom. The van der Waals surface area contributed by atoms with Gasteiger partial charge in [-0.15, -0.1) is 0 Å². The molecule has 0 spiro atoms. The highest BCUT2D eigenvalue weighted by Gasteiger charge is 2.22. The van der Waals surface area contributed by atoms with E-state index in [-0.39, 0.29) is 0 Å². The number of rotatable bonds is 5. The van der Waals surface area contributed by atoms with Gasteiger partial charge in [0.05, 0.1) is 6.61 Å². The van der Waals surface area contributed by atoms with Crippen LogP contribution in [0.4, 0.5) is 0 Å². The molecule has 1 aromatic rings. The summed E-state index contributed by atoms with van der Waals surface area (Å²) in [5.74, 6) is 1.81. The molecule has 1 saturated heterocycles. The van der Waals surface area contributed by atoms with E-state index < -0.39 is 0 Å². The lowest BCUT2D eigenvalue weighted by Gasteiger charge is -2.27. The number of halogens is 1. The molecule has 19 heavy (non-hydrogen) atoms. The van der Waals surface area contributed by atoms with Gasteiger partial charge in [-0.3, -0.25) is 4.90 Å². The Hall–Kier alpha value is -0.580. The van der Waals surface area contributed by atoms with Gasteiger partial charge in [0.15, 0.2) is 0 Å². The first-order valence-electron chi connectivity index (χ1n) is 7.15. The molecule has 3 rings (SSSR count). The Labute approximate surface area is 123 Å². The maximum Gasteiger partial charge on any atom is 0.120 e. The fourth-order valence-corrected chi connectivity index (χ4v) is 2.94. The second kappa shape index (κ2) is 6.25. The highest BCUT2D eigenvalue weighted by atomic mass is 79.9. The lowest BCUT2D eigenvalue weighted by atomic mass is 10.2. The molecule has 0 aromatic heterocycles. The number of ether oxygens (including phenoxy) is 1. The molecule has 2 aliphatic rings. The number of nitrogens with zero attached hydrogens (tertiary/aromatic N) is 1. The molecule has 0 bridgehead atoms. The minimum Gasteiger partial charge on any atom is -0.493 e. The molecule has 0 atom stereocenters. The van der Waals surface area contributed by atoms with E-state index in [0.29, 0.717) is 0 Å². The van der Waals surface area contributed by atoms with E-state index in [1.807, 2.05) is 0 Å². The summed E-state index contributed by atoms with van der Waals surface area (Å²) in [6.45, 7) is 6.35. The van der Waals surface area contributed by atoms with Gasteiger partial charge in [-0.2, -0.15) is 0 Å². The van der Waals surface area contributed by atoms with Crippen molar-refractivity contribution in [2.24, 2.45) is 5.92 Å². The summed E-state index contributed by atoms with van der Waals surface area (Å²) in [5.41, 5.74) is 1.34. The van der Waals surface area contributed by atoms with Crippen LogP contribution in [0.5, 0.6) is 5.75 Å². The lowest BCUT2D eigenvalue weighted by molar-refractivity contribution is 0.232. The van der Waals surface area contributed by atoms with Crippen LogP contribution >= 0.6 is 15.9 Å². The van der Waals surface area contributed by atoms with Crippen molar-refractivity contribution in [1.29, 1.82) is 0 Å². The van der Waals surface area contributed by atoms with Crippen molar-refractivity contribution in [2.75, 3.05) is 32.8 Å². The third kappa shape index (κ3) is 4.20. The average molecular weight is 325 g/mol. The summed E-state index contributed by atoms with van der Waals surface area (Å²) in [6.07, 6.45) is 2.67. The molecule has 1 aromatic carbocycles. The molecule has 1 saturated carbocycles. The van der Waals surface area contributed by atoms with Gasteiger partial charge in [0.25, 0.3) is 0 Å². The van der Waals surface area contributed by atoms with Crippen molar-refractivity contribution in [1.82, 2.24) is 10.2 Å². The van der Waals surface area contributed by atoms with E-state index in [2.05, 4.69) is 44.3 Å². The number of hydrogen-bond acceptors (Lipinski definition) is 3. The molecule has 104 valence electrons. The SMILES string of the molecule is Brc1cc(CN2CCNCC2)cc(OCC2CC2)c1. The van der Waals surface area contributed by atoms with Gasteiger partial charge in [0.1, 0.15) is 5.75 Å². The molecule has 1 heterocycles. The summed E-state index contributed by atoms with van der Waals surface area (Å²) in [6, 6.07) is 6.46. The second-order valence-electron chi connectivity index (χ2n) is 5.58. The fourth-order valence-electron chi connectivity index (χ4n) is 2.42. The van der Waals surface area contributed by atoms with Crippen LogP contribution in [0.2, 0.25) is 0 Å². The Bertz CT molecular complexity index is 428. The highest BCUT2D eigenvalue weighted by Crippen LogP contribution is 2.30. The van der Waals surface area contributed by atoms with Crippen LogP contribution in [-0.4, -0.2) is 37.7 Å². The van der Waals surface area contributed by atoms with Gasteiger partial charge >= 0.3 is 0 Å². The zero-order valence-electron chi connectivity index (χ0n) is 11.2. The first kappa shape index (κ1) is 13.4. The van der Waals surface area contributed by atoms with E-state index in [0.717, 1.165) is 55.5 Å². The minimum atomic E-state index is 0.801. The quantitative estimate of drug-likeness (QED) is 0.901. The van der Waals surface area contributed by atoms with E-state index in [1.165, 1.54) is 18.4 Å². The van der Waals surface area contributed by atoms with Crippen LogP contribution in [0, 0.1) is 5.92 Å². The molecule has 0 unspecified atom stereocenters. The standard InChI is InChI=1S/C15H21BrN2O/c16-14-7-13(10-18-5-3-17-4-6-18)8-15(9-14)19-11-12-1-2-12/h7-9,12,17H,1-6,10-11H2. The van der Waals surface area contributed by atoms with Gasteiger partial charge in [-0.25, -0.2) is 0 Å². The Balaban J connectivity index is 1.62. The van der Waals surface area contributed by atoms with E-state index in [1.54, 1.807) is 0 Å². The minimum absolute atomic E-state index is 0.801. The van der Waals surface area contributed by atoms with Crippen LogP contribution in [0.25, 0.3) is 0 Å². The zero-order chi connectivity index (χ0) is 13.1. The Morgan fingerprint density at radius 3 is 2.74 bits per heavy atom. The van der Waals surface area contributed by atoms with Crippen molar-refractivity contribution >= 4 is 15.9 Å². The molecule has 4 heteroatoms. The molecular weight excluding hydrogens is 304 g/mol. The third-order valence-corrected chi connectivity index (χ3v) is 4.19. The van der Waals surface area contributed by atoms with Crippen molar-refractivity contribution in [3.63, 3.8) is 0 Å². The Kier molecular flexibility index (Phi) is 4.41. The summed E-state index contributed by atoms with van der Waals surface area (Å²) in [5, 5.41) is 3.39. The number of piperazine rings is 1. The first-order valence-corrected chi connectivity index (χ1v) is 7.94. The summed E-state index contributed by atoms with van der Waals surface area (Å²) in [7, 11) is 0.